The normalized spacial score (nSPS) is 17.1. The largest absolute Gasteiger partial charge is 1.00 e. The predicted molar refractivity (Wildman–Crippen MR) is 45.9 cm³/mol. The van der Waals surface area contributed by atoms with Gasteiger partial charge in [-0.2, -0.15) is 0 Å². The molecule has 0 aromatic carbocycles. The molecule has 0 unspecified atom stereocenters. The van der Waals surface area contributed by atoms with Gasteiger partial charge in [0.1, 0.15) is 0 Å². The quantitative estimate of drug-likeness (QED) is 0.546. The Morgan fingerprint density at radius 2 is 1.80 bits per heavy atom. The van der Waals surface area contributed by atoms with E-state index in [4.69, 9.17) is 4.74 Å². The number of amides is 1. The summed E-state index contributed by atoms with van der Waals surface area (Å²) in [5.41, 5.74) is 0. The number of ether oxygens (including phenoxy) is 1. The van der Waals surface area contributed by atoms with Crippen LogP contribution in [0, 0.1) is 0 Å². The zero-order valence-corrected chi connectivity index (χ0v) is 11.8. The molecule has 0 N–H and O–H groups in total. The monoisotopic (exact) mass is 249 g/mol. The van der Waals surface area contributed by atoms with E-state index in [9.17, 15) is 17.7 Å². The van der Waals surface area contributed by atoms with Crippen LogP contribution in [0.2, 0.25) is 6.32 Å². The van der Waals surface area contributed by atoms with Gasteiger partial charge in [0.05, 0.1) is 13.2 Å². The van der Waals surface area contributed by atoms with Crippen molar-refractivity contribution in [3.63, 3.8) is 0 Å². The number of carbonyl (C=O) groups is 1. The Morgan fingerprint density at radius 3 is 2.27 bits per heavy atom. The third-order valence-electron chi connectivity index (χ3n) is 2.05. The summed E-state index contributed by atoms with van der Waals surface area (Å²) < 4.78 is 40.5. The standard InChI is InChI=1S/C7H12BF3NO2.K/c9-8(10,11)2-1-7(13)12-3-5-14-6-4-12;/h1-6H2;/q-1;+1. The van der Waals surface area contributed by atoms with Crippen molar-refractivity contribution in [2.45, 2.75) is 12.7 Å². The molecular weight excluding hydrogens is 237 g/mol. The number of nitrogens with zero attached hydrogens (tertiary/aromatic N) is 1. The van der Waals surface area contributed by atoms with Gasteiger partial charge in [0.25, 0.3) is 0 Å². The van der Waals surface area contributed by atoms with Crippen LogP contribution in [0.1, 0.15) is 6.42 Å². The molecule has 0 aliphatic carbocycles. The minimum atomic E-state index is -4.84. The summed E-state index contributed by atoms with van der Waals surface area (Å²) >= 11 is 0. The van der Waals surface area contributed by atoms with Gasteiger partial charge in [-0.15, -0.1) is 0 Å². The predicted octanol–water partition coefficient (Wildman–Crippen LogP) is -1.91. The zero-order valence-electron chi connectivity index (χ0n) is 8.72. The molecular formula is C7H12BF3KNO2. The van der Waals surface area contributed by atoms with Crippen molar-refractivity contribution in [2.24, 2.45) is 0 Å². The van der Waals surface area contributed by atoms with Gasteiger partial charge in [-0.25, -0.2) is 0 Å². The topological polar surface area (TPSA) is 29.5 Å². The van der Waals surface area contributed by atoms with Crippen molar-refractivity contribution >= 4 is 12.9 Å². The molecule has 0 aromatic rings. The summed E-state index contributed by atoms with van der Waals surface area (Å²) in [5, 5.41) is 0. The third kappa shape index (κ3) is 6.96. The second kappa shape index (κ2) is 7.29. The van der Waals surface area contributed by atoms with E-state index in [1.807, 2.05) is 0 Å². The Bertz CT molecular complexity index is 209. The molecule has 0 spiro atoms. The number of carbonyl (C=O) groups excluding carboxylic acids is 1. The average Bonchev–Trinajstić information content (AvgIpc) is 2.14. The summed E-state index contributed by atoms with van der Waals surface area (Å²) in [6.07, 6.45) is -1.40. The Balaban J connectivity index is 0.00000196. The Morgan fingerprint density at radius 1 is 1.27 bits per heavy atom. The molecule has 15 heavy (non-hydrogen) atoms. The maximum Gasteiger partial charge on any atom is 1.00 e. The molecule has 82 valence electrons. The van der Waals surface area contributed by atoms with Gasteiger partial charge < -0.3 is 22.6 Å². The van der Waals surface area contributed by atoms with Crippen molar-refractivity contribution in [3.05, 3.63) is 0 Å². The summed E-state index contributed by atoms with van der Waals surface area (Å²) in [6.45, 7) is -3.19. The summed E-state index contributed by atoms with van der Waals surface area (Å²) in [7, 11) is 0. The van der Waals surface area contributed by atoms with E-state index in [2.05, 4.69) is 0 Å². The van der Waals surface area contributed by atoms with Crippen molar-refractivity contribution in [2.75, 3.05) is 26.3 Å². The Labute approximate surface area is 129 Å². The minimum Gasteiger partial charge on any atom is -0.449 e. The third-order valence-corrected chi connectivity index (χ3v) is 2.05. The van der Waals surface area contributed by atoms with Crippen LogP contribution in [0.4, 0.5) is 12.9 Å². The summed E-state index contributed by atoms with van der Waals surface area (Å²) in [4.78, 5) is 12.6. The molecule has 8 heteroatoms. The van der Waals surface area contributed by atoms with Crippen LogP contribution in [-0.2, 0) is 9.53 Å². The number of morpholine rings is 1. The van der Waals surface area contributed by atoms with Crippen molar-refractivity contribution in [1.29, 1.82) is 0 Å². The van der Waals surface area contributed by atoms with E-state index in [0.29, 0.717) is 26.3 Å². The van der Waals surface area contributed by atoms with Gasteiger partial charge in [0, 0.05) is 19.5 Å². The molecule has 1 heterocycles. The van der Waals surface area contributed by atoms with Crippen LogP contribution in [-0.4, -0.2) is 44.1 Å². The smallest absolute Gasteiger partial charge is 0.449 e. The number of hydrogen-bond donors (Lipinski definition) is 0. The van der Waals surface area contributed by atoms with E-state index >= 15 is 0 Å². The van der Waals surface area contributed by atoms with E-state index < -0.39 is 25.6 Å². The first-order valence-electron chi connectivity index (χ1n) is 4.55. The van der Waals surface area contributed by atoms with Gasteiger partial charge in [0.15, 0.2) is 0 Å². The molecule has 1 aliphatic rings. The summed E-state index contributed by atoms with van der Waals surface area (Å²) in [6, 6.07) is 0. The Hall–Kier alpha value is 0.921. The van der Waals surface area contributed by atoms with E-state index in [1.54, 1.807) is 0 Å². The molecule has 1 amide bonds. The van der Waals surface area contributed by atoms with Crippen molar-refractivity contribution in [1.82, 2.24) is 4.90 Å². The van der Waals surface area contributed by atoms with Crippen LogP contribution < -0.4 is 51.4 Å². The van der Waals surface area contributed by atoms with E-state index in [1.165, 1.54) is 4.90 Å². The molecule has 0 atom stereocenters. The van der Waals surface area contributed by atoms with E-state index in [-0.39, 0.29) is 51.4 Å². The first-order valence-corrected chi connectivity index (χ1v) is 4.55. The van der Waals surface area contributed by atoms with Gasteiger partial charge >= 0.3 is 58.4 Å². The molecule has 0 bridgehead atoms. The minimum absolute atomic E-state index is 0. The van der Waals surface area contributed by atoms with Crippen LogP contribution in [0.25, 0.3) is 0 Å². The molecule has 1 saturated heterocycles. The van der Waals surface area contributed by atoms with Gasteiger partial charge in [-0.05, 0) is 0 Å². The van der Waals surface area contributed by atoms with Gasteiger partial charge in [0.2, 0.25) is 5.91 Å². The molecule has 0 aromatic heterocycles. The summed E-state index contributed by atoms with van der Waals surface area (Å²) in [5.74, 6) is -0.424. The molecule has 1 rings (SSSR count). The van der Waals surface area contributed by atoms with Gasteiger partial charge in [-0.1, -0.05) is 6.32 Å². The Kier molecular flexibility index (Phi) is 7.73. The molecule has 3 nitrogen and oxygen atoms in total. The molecule has 1 aliphatic heterocycles. The molecule has 0 saturated carbocycles. The van der Waals surface area contributed by atoms with E-state index in [0.717, 1.165) is 0 Å². The number of halogens is 3. The fraction of sp³-hybridized carbons (Fsp3) is 0.857. The maximum absolute atomic E-state index is 11.9. The fourth-order valence-electron chi connectivity index (χ4n) is 1.26. The van der Waals surface area contributed by atoms with Crippen LogP contribution in [0.5, 0.6) is 0 Å². The van der Waals surface area contributed by atoms with Crippen molar-refractivity contribution in [3.8, 4) is 0 Å². The number of hydrogen-bond acceptors (Lipinski definition) is 2. The first kappa shape index (κ1) is 15.9. The van der Waals surface area contributed by atoms with Crippen LogP contribution >= 0.6 is 0 Å². The van der Waals surface area contributed by atoms with Crippen LogP contribution in [0.3, 0.4) is 0 Å². The SMILES string of the molecule is O=C(CC[B-](F)(F)F)N1CCOCC1.[K+]. The average molecular weight is 249 g/mol. The fourth-order valence-corrected chi connectivity index (χ4v) is 1.26. The van der Waals surface area contributed by atoms with Gasteiger partial charge in [-0.3, -0.25) is 4.79 Å². The molecule has 1 fully saturated rings. The zero-order chi connectivity index (χ0) is 10.6. The number of rotatable bonds is 3. The van der Waals surface area contributed by atoms with Crippen LogP contribution in [0.15, 0.2) is 0 Å². The first-order chi connectivity index (χ1) is 6.49. The molecule has 0 radical (unpaired) electrons. The second-order valence-corrected chi connectivity index (χ2v) is 3.24. The second-order valence-electron chi connectivity index (χ2n) is 3.24. The van der Waals surface area contributed by atoms with Crippen molar-refractivity contribution < 1.29 is 73.9 Å². The maximum atomic E-state index is 11.9.